The van der Waals surface area contributed by atoms with Crippen molar-refractivity contribution in [3.05, 3.63) is 91.0 Å². The van der Waals surface area contributed by atoms with E-state index in [-0.39, 0.29) is 5.48 Å². The summed E-state index contributed by atoms with van der Waals surface area (Å²) in [5.74, 6) is 0. The Balaban J connectivity index is 0.00000147. The summed E-state index contributed by atoms with van der Waals surface area (Å²) >= 11 is -1.98. The van der Waals surface area contributed by atoms with Crippen LogP contribution in [0.5, 0.6) is 0 Å². The first-order valence-electron chi connectivity index (χ1n) is 6.48. The third-order valence-corrected chi connectivity index (χ3v) is 11.0. The standard InChI is InChI=1S/3C6H5.H2O.Sn/c3*1-2-4-6-5-3-1;;/h3*1-5H;1H2;/q;;;;+1/p-1. The Morgan fingerprint density at radius 3 is 0.900 bits per heavy atom. The van der Waals surface area contributed by atoms with Crippen LogP contribution < -0.4 is 10.7 Å². The molecule has 0 heterocycles. The van der Waals surface area contributed by atoms with Crippen LogP contribution in [0.1, 0.15) is 0 Å². The molecule has 2 heteroatoms. The molecule has 0 amide bonds. The molecule has 0 saturated heterocycles. The zero-order chi connectivity index (χ0) is 12.9. The third kappa shape index (κ3) is 3.29. The second-order valence-corrected chi connectivity index (χ2v) is 11.6. The van der Waals surface area contributed by atoms with E-state index in [1.807, 2.05) is 0 Å². The van der Waals surface area contributed by atoms with Crippen molar-refractivity contribution in [1.82, 2.24) is 0 Å². The minimum absolute atomic E-state index is 0. The van der Waals surface area contributed by atoms with Gasteiger partial charge in [0.1, 0.15) is 0 Å². The van der Waals surface area contributed by atoms with E-state index in [9.17, 15) is 0 Å². The van der Waals surface area contributed by atoms with Gasteiger partial charge in [0.15, 0.2) is 0 Å². The zero-order valence-electron chi connectivity index (χ0n) is 11.1. The molecule has 0 aliphatic rings. The van der Waals surface area contributed by atoms with Crippen LogP contribution in [0, 0.1) is 0 Å². The third-order valence-electron chi connectivity index (χ3n) is 3.19. The summed E-state index contributed by atoms with van der Waals surface area (Å²) in [5, 5.41) is 0. The van der Waals surface area contributed by atoms with Gasteiger partial charge in [0, 0.05) is 0 Å². The van der Waals surface area contributed by atoms with Crippen molar-refractivity contribution in [2.45, 2.75) is 0 Å². The molecule has 1 nitrogen and oxygen atoms in total. The van der Waals surface area contributed by atoms with Gasteiger partial charge >= 0.3 is 121 Å². The molecule has 0 bridgehead atoms. The average Bonchev–Trinajstić information content (AvgIpc) is 2.51. The van der Waals surface area contributed by atoms with E-state index in [4.69, 9.17) is 0 Å². The minimum atomic E-state index is -1.98. The van der Waals surface area contributed by atoms with Crippen molar-refractivity contribution in [3.63, 3.8) is 0 Å². The first-order valence-corrected chi connectivity index (χ1v) is 10.8. The Hall–Kier alpha value is -1.58. The molecule has 0 saturated carbocycles. The predicted molar refractivity (Wildman–Crippen MR) is 85.9 cm³/mol. The van der Waals surface area contributed by atoms with Crippen LogP contribution in [0.25, 0.3) is 0 Å². The molecule has 0 aromatic heterocycles. The van der Waals surface area contributed by atoms with Gasteiger partial charge in [0.2, 0.25) is 0 Å². The van der Waals surface area contributed by atoms with E-state index in [2.05, 4.69) is 91.0 Å². The summed E-state index contributed by atoms with van der Waals surface area (Å²) in [6, 6.07) is 32.9. The summed E-state index contributed by atoms with van der Waals surface area (Å²) in [6.07, 6.45) is 0. The van der Waals surface area contributed by atoms with E-state index in [0.29, 0.717) is 0 Å². The summed E-state index contributed by atoms with van der Waals surface area (Å²) in [6.45, 7) is 0. The normalized spacial score (nSPS) is 9.60. The second kappa shape index (κ2) is 7.27. The first-order chi connectivity index (χ1) is 9.45. The van der Waals surface area contributed by atoms with Crippen molar-refractivity contribution < 1.29 is 5.48 Å². The number of hydrogen-bond acceptors (Lipinski definition) is 1. The summed E-state index contributed by atoms with van der Waals surface area (Å²) in [5.41, 5.74) is 0. The number of benzene rings is 3. The summed E-state index contributed by atoms with van der Waals surface area (Å²) < 4.78 is 4.59. The fourth-order valence-electron chi connectivity index (χ4n) is 2.31. The van der Waals surface area contributed by atoms with Gasteiger partial charge < -0.3 is 5.48 Å². The molecule has 20 heavy (non-hydrogen) atoms. The fraction of sp³-hybridized carbons (Fsp3) is 0. The Bertz CT molecular complexity index is 529. The topological polar surface area (TPSA) is 30.0 Å². The molecule has 0 radical (unpaired) electrons. The van der Waals surface area contributed by atoms with Gasteiger partial charge in [-0.2, -0.15) is 0 Å². The zero-order valence-corrected chi connectivity index (χ0v) is 14.0. The number of hydrogen-bond donors (Lipinski definition) is 0. The van der Waals surface area contributed by atoms with Crippen LogP contribution in [0.2, 0.25) is 0 Å². The monoisotopic (exact) mass is 368 g/mol. The van der Waals surface area contributed by atoms with Crippen molar-refractivity contribution in [2.24, 2.45) is 0 Å². The van der Waals surface area contributed by atoms with Crippen LogP contribution in [0.15, 0.2) is 91.0 Å². The SMILES string of the molecule is [OH-].c1cc[c]([Sn+]([c]2ccccc2)[c]2ccccc2)cc1. The summed E-state index contributed by atoms with van der Waals surface area (Å²) in [7, 11) is 0. The van der Waals surface area contributed by atoms with Crippen molar-refractivity contribution in [2.75, 3.05) is 0 Å². The molecule has 3 rings (SSSR count). The second-order valence-electron chi connectivity index (χ2n) is 4.47. The Morgan fingerprint density at radius 2 is 0.650 bits per heavy atom. The van der Waals surface area contributed by atoms with Crippen molar-refractivity contribution in [3.8, 4) is 0 Å². The molecule has 3 aromatic carbocycles. The first kappa shape index (κ1) is 14.8. The maximum atomic E-state index is 2.29. The van der Waals surface area contributed by atoms with E-state index in [1.54, 1.807) is 0 Å². The van der Waals surface area contributed by atoms with E-state index < -0.39 is 19.8 Å². The van der Waals surface area contributed by atoms with Gasteiger partial charge in [-0.05, 0) is 0 Å². The molecule has 0 spiro atoms. The van der Waals surface area contributed by atoms with Gasteiger partial charge in [-0.3, -0.25) is 0 Å². The van der Waals surface area contributed by atoms with E-state index >= 15 is 0 Å². The Morgan fingerprint density at radius 1 is 0.400 bits per heavy atom. The Labute approximate surface area is 127 Å². The molecule has 3 aromatic rings. The fourth-order valence-corrected chi connectivity index (χ4v) is 9.67. The molecule has 1 N–H and O–H groups in total. The maximum absolute atomic E-state index is 2.29. The summed E-state index contributed by atoms with van der Waals surface area (Å²) in [4.78, 5) is 0. The number of rotatable bonds is 3. The predicted octanol–water partition coefficient (Wildman–Crippen LogP) is 2.03. The quantitative estimate of drug-likeness (QED) is 0.652. The molecule has 0 aliphatic heterocycles. The molecule has 0 aliphatic carbocycles. The van der Waals surface area contributed by atoms with E-state index in [0.717, 1.165) is 0 Å². The average molecular weight is 367 g/mol. The van der Waals surface area contributed by atoms with Crippen LogP contribution in [-0.2, 0) is 0 Å². The molecule has 98 valence electrons. The molecule has 0 atom stereocenters. The van der Waals surface area contributed by atoms with Crippen LogP contribution in [0.3, 0.4) is 0 Å². The molecular formula is C18H16OSn. The van der Waals surface area contributed by atoms with Gasteiger partial charge in [-0.1, -0.05) is 0 Å². The van der Waals surface area contributed by atoms with E-state index in [1.165, 1.54) is 10.7 Å². The molecule has 0 unspecified atom stereocenters. The van der Waals surface area contributed by atoms with Gasteiger partial charge in [0.05, 0.1) is 0 Å². The molecular weight excluding hydrogens is 351 g/mol. The Kier molecular flexibility index (Phi) is 5.39. The molecule has 0 fully saturated rings. The van der Waals surface area contributed by atoms with Crippen molar-refractivity contribution in [1.29, 1.82) is 0 Å². The van der Waals surface area contributed by atoms with Gasteiger partial charge in [-0.25, -0.2) is 0 Å². The van der Waals surface area contributed by atoms with Crippen LogP contribution in [-0.4, -0.2) is 25.2 Å². The van der Waals surface area contributed by atoms with Crippen molar-refractivity contribution >= 4 is 30.5 Å². The van der Waals surface area contributed by atoms with Crippen LogP contribution in [0.4, 0.5) is 0 Å². The van der Waals surface area contributed by atoms with Gasteiger partial charge in [-0.15, -0.1) is 0 Å². The van der Waals surface area contributed by atoms with Crippen LogP contribution >= 0.6 is 0 Å². The van der Waals surface area contributed by atoms with Gasteiger partial charge in [0.25, 0.3) is 0 Å².